The predicted octanol–water partition coefficient (Wildman–Crippen LogP) is 3.88. The molecule has 0 aliphatic heterocycles. The number of hydrogen-bond acceptors (Lipinski definition) is 3. The van der Waals surface area contributed by atoms with Crippen LogP contribution in [0.4, 0.5) is 4.79 Å². The van der Waals surface area contributed by atoms with Crippen molar-refractivity contribution in [3.05, 3.63) is 70.8 Å². The van der Waals surface area contributed by atoms with Crippen LogP contribution in [0.15, 0.2) is 48.5 Å². The van der Waals surface area contributed by atoms with Crippen LogP contribution in [0.5, 0.6) is 5.75 Å². The van der Waals surface area contributed by atoms with Crippen molar-refractivity contribution in [1.82, 2.24) is 15.5 Å². The van der Waals surface area contributed by atoms with E-state index in [9.17, 15) is 9.90 Å². The molecule has 5 heteroatoms. The Morgan fingerprint density at radius 3 is 2.66 bits per heavy atom. The van der Waals surface area contributed by atoms with Crippen molar-refractivity contribution in [3.63, 3.8) is 0 Å². The van der Waals surface area contributed by atoms with E-state index in [1.807, 2.05) is 33.2 Å². The van der Waals surface area contributed by atoms with E-state index >= 15 is 0 Å². The van der Waals surface area contributed by atoms with Gasteiger partial charge in [0.2, 0.25) is 0 Å². The number of rotatable bonds is 7. The maximum atomic E-state index is 12.5. The first-order valence-corrected chi connectivity index (χ1v) is 10.2. The number of fused-ring (bicyclic) bond motifs is 1. The summed E-state index contributed by atoms with van der Waals surface area (Å²) in [6.07, 6.45) is 7.29. The maximum Gasteiger partial charge on any atom is 0.315 e. The Balaban J connectivity index is 1.57. The molecule has 5 nitrogen and oxygen atoms in total. The normalized spacial score (nSPS) is 14.9. The highest BCUT2D eigenvalue weighted by Crippen LogP contribution is 2.27. The van der Waals surface area contributed by atoms with E-state index < -0.39 is 0 Å². The van der Waals surface area contributed by atoms with Gasteiger partial charge in [-0.3, -0.25) is 0 Å². The molecule has 0 saturated heterocycles. The van der Waals surface area contributed by atoms with Gasteiger partial charge in [0, 0.05) is 12.6 Å². The lowest BCUT2D eigenvalue weighted by molar-refractivity contribution is 0.229. The maximum absolute atomic E-state index is 12.5. The van der Waals surface area contributed by atoms with E-state index in [0.29, 0.717) is 6.54 Å². The second-order valence-corrected chi connectivity index (χ2v) is 7.93. The van der Waals surface area contributed by atoms with Gasteiger partial charge < -0.3 is 20.6 Å². The van der Waals surface area contributed by atoms with Gasteiger partial charge in [-0.15, -0.1) is 0 Å². The number of aryl methyl sites for hydroxylation is 1. The first kappa shape index (κ1) is 20.9. The summed E-state index contributed by atoms with van der Waals surface area (Å²) in [5.74, 6) is 0.264. The van der Waals surface area contributed by atoms with Gasteiger partial charge in [0.15, 0.2) is 0 Å². The Hall–Kier alpha value is -2.79. The monoisotopic (exact) mass is 393 g/mol. The number of carbonyl (C=O) groups is 1. The van der Waals surface area contributed by atoms with Gasteiger partial charge in [0.25, 0.3) is 0 Å². The van der Waals surface area contributed by atoms with Gasteiger partial charge >= 0.3 is 6.03 Å². The van der Waals surface area contributed by atoms with Crippen molar-refractivity contribution >= 4 is 12.1 Å². The summed E-state index contributed by atoms with van der Waals surface area (Å²) < 4.78 is 0. The number of benzene rings is 2. The fourth-order valence-electron chi connectivity index (χ4n) is 3.75. The number of nitrogens with one attached hydrogen (secondary N) is 2. The van der Waals surface area contributed by atoms with Crippen molar-refractivity contribution < 1.29 is 9.90 Å². The van der Waals surface area contributed by atoms with Gasteiger partial charge in [-0.05, 0) is 74.7 Å². The third kappa shape index (κ3) is 5.61. The second-order valence-electron chi connectivity index (χ2n) is 7.93. The van der Waals surface area contributed by atoms with E-state index in [0.717, 1.165) is 30.4 Å². The number of phenolic OH excluding ortho intramolecular Hbond substituents is 1. The van der Waals surface area contributed by atoms with Crippen LogP contribution < -0.4 is 10.6 Å². The molecule has 2 aromatic rings. The highest BCUT2D eigenvalue weighted by atomic mass is 16.3. The predicted molar refractivity (Wildman–Crippen MR) is 118 cm³/mol. The van der Waals surface area contributed by atoms with Crippen LogP contribution in [0, 0.1) is 0 Å². The smallest absolute Gasteiger partial charge is 0.315 e. The molecule has 1 aliphatic carbocycles. The summed E-state index contributed by atoms with van der Waals surface area (Å²) in [5.41, 5.74) is 4.87. The number of allylic oxidation sites excluding steroid dienone is 1. The molecule has 0 heterocycles. The van der Waals surface area contributed by atoms with E-state index in [4.69, 9.17) is 0 Å². The van der Waals surface area contributed by atoms with Gasteiger partial charge in [-0.2, -0.15) is 0 Å². The van der Waals surface area contributed by atoms with Crippen LogP contribution in [-0.4, -0.2) is 42.7 Å². The molecule has 3 N–H and O–H groups in total. The average molecular weight is 394 g/mol. The highest BCUT2D eigenvalue weighted by molar-refractivity contribution is 5.75. The molecule has 154 valence electrons. The van der Waals surface area contributed by atoms with Crippen LogP contribution in [0.2, 0.25) is 0 Å². The SMILES string of the molecule is CC(NC(=O)NCC(Cc1ccc(O)cc1)N(C)C)c1cccc2c1C=CCC2. The first-order valence-electron chi connectivity index (χ1n) is 10.2. The van der Waals surface area contributed by atoms with Crippen LogP contribution >= 0.6 is 0 Å². The van der Waals surface area contributed by atoms with Gasteiger partial charge in [-0.25, -0.2) is 4.79 Å². The molecule has 0 fully saturated rings. The summed E-state index contributed by atoms with van der Waals surface area (Å²) in [6.45, 7) is 2.57. The summed E-state index contributed by atoms with van der Waals surface area (Å²) in [4.78, 5) is 14.6. The van der Waals surface area contributed by atoms with Crippen molar-refractivity contribution in [3.8, 4) is 5.75 Å². The molecule has 3 rings (SSSR count). The molecule has 2 unspecified atom stereocenters. The highest BCUT2D eigenvalue weighted by Gasteiger charge is 2.18. The number of likely N-dealkylation sites (N-methyl/N-ethyl adjacent to an activating group) is 1. The number of carbonyl (C=O) groups excluding carboxylic acids is 1. The Labute approximate surface area is 173 Å². The third-order valence-corrected chi connectivity index (χ3v) is 5.55. The van der Waals surface area contributed by atoms with E-state index in [-0.39, 0.29) is 23.9 Å². The zero-order valence-corrected chi connectivity index (χ0v) is 17.5. The zero-order valence-electron chi connectivity index (χ0n) is 17.5. The lowest BCUT2D eigenvalue weighted by Crippen LogP contribution is -2.45. The molecular formula is C24H31N3O2. The van der Waals surface area contributed by atoms with Crippen molar-refractivity contribution in [2.75, 3.05) is 20.6 Å². The minimum absolute atomic E-state index is 0.0670. The van der Waals surface area contributed by atoms with Crippen LogP contribution in [0.3, 0.4) is 0 Å². The van der Waals surface area contributed by atoms with Crippen LogP contribution in [0.25, 0.3) is 6.08 Å². The number of hydrogen-bond donors (Lipinski definition) is 3. The van der Waals surface area contributed by atoms with Crippen molar-refractivity contribution in [2.24, 2.45) is 0 Å². The minimum atomic E-state index is -0.160. The number of phenols is 1. The Kier molecular flexibility index (Phi) is 6.94. The molecule has 1 aliphatic rings. The summed E-state index contributed by atoms with van der Waals surface area (Å²) >= 11 is 0. The molecule has 0 spiro atoms. The van der Waals surface area contributed by atoms with Crippen LogP contribution in [-0.2, 0) is 12.8 Å². The molecule has 29 heavy (non-hydrogen) atoms. The quantitative estimate of drug-likeness (QED) is 0.669. The van der Waals surface area contributed by atoms with Crippen LogP contribution in [0.1, 0.15) is 41.6 Å². The molecule has 0 radical (unpaired) electrons. The fraction of sp³-hybridized carbons (Fsp3) is 0.375. The van der Waals surface area contributed by atoms with Crippen molar-refractivity contribution in [2.45, 2.75) is 38.3 Å². The topological polar surface area (TPSA) is 64.6 Å². The molecule has 0 saturated carbocycles. The average Bonchev–Trinajstić information content (AvgIpc) is 2.71. The largest absolute Gasteiger partial charge is 0.508 e. The molecular weight excluding hydrogens is 362 g/mol. The van der Waals surface area contributed by atoms with Gasteiger partial charge in [-0.1, -0.05) is 42.5 Å². The standard InChI is InChI=1S/C24H31N3O2/c1-17(22-10-6-8-19-7-4-5-9-23(19)22)26-24(29)25-16-20(27(2)3)15-18-11-13-21(28)14-12-18/h5-6,8-14,17,20,28H,4,7,15-16H2,1-3H3,(H2,25,26,29). The minimum Gasteiger partial charge on any atom is -0.508 e. The first-order chi connectivity index (χ1) is 13.9. The molecule has 0 bridgehead atoms. The number of urea groups is 1. The summed E-state index contributed by atoms with van der Waals surface area (Å²) in [6, 6.07) is 13.5. The Morgan fingerprint density at radius 1 is 1.17 bits per heavy atom. The second kappa shape index (κ2) is 9.61. The Bertz CT molecular complexity index is 859. The number of amides is 2. The fourth-order valence-corrected chi connectivity index (χ4v) is 3.75. The molecule has 2 amide bonds. The molecule has 0 aromatic heterocycles. The summed E-state index contributed by atoms with van der Waals surface area (Å²) in [5, 5.41) is 15.5. The molecule has 2 aromatic carbocycles. The number of aromatic hydroxyl groups is 1. The van der Waals surface area contributed by atoms with E-state index in [1.165, 1.54) is 11.1 Å². The lowest BCUT2D eigenvalue weighted by Gasteiger charge is -2.26. The Morgan fingerprint density at radius 2 is 1.93 bits per heavy atom. The van der Waals surface area contributed by atoms with E-state index in [2.05, 4.69) is 45.9 Å². The van der Waals surface area contributed by atoms with Gasteiger partial charge in [0.1, 0.15) is 5.75 Å². The summed E-state index contributed by atoms with van der Waals surface area (Å²) in [7, 11) is 4.02. The molecule has 2 atom stereocenters. The third-order valence-electron chi connectivity index (χ3n) is 5.55. The number of nitrogens with zero attached hydrogens (tertiary/aromatic N) is 1. The zero-order chi connectivity index (χ0) is 20.8. The van der Waals surface area contributed by atoms with Crippen molar-refractivity contribution in [1.29, 1.82) is 0 Å². The van der Waals surface area contributed by atoms with Gasteiger partial charge in [0.05, 0.1) is 6.04 Å². The van der Waals surface area contributed by atoms with E-state index in [1.54, 1.807) is 12.1 Å². The lowest BCUT2D eigenvalue weighted by atomic mass is 9.90.